The van der Waals surface area contributed by atoms with E-state index in [4.69, 9.17) is 9.57 Å². The van der Waals surface area contributed by atoms with E-state index in [1.54, 1.807) is 0 Å². The van der Waals surface area contributed by atoms with Gasteiger partial charge in [-0.1, -0.05) is 43.0 Å². The van der Waals surface area contributed by atoms with Crippen molar-refractivity contribution in [1.29, 1.82) is 0 Å². The van der Waals surface area contributed by atoms with Crippen LogP contribution in [0.4, 0.5) is 0 Å². The standard InChI is InChI=1S/C18H25NO4/c1-6-16(22-13(2)20)15(12-14-10-8-7-9-11-14)17(21)19-23-18(3,4)5/h6-11,15-16H,1,12H2,2-5H3,(H,19,21)/t15-,16-/m1/s1. The van der Waals surface area contributed by atoms with Crippen LogP contribution in [-0.2, 0) is 25.6 Å². The third kappa shape index (κ3) is 7.10. The molecule has 23 heavy (non-hydrogen) atoms. The van der Waals surface area contributed by atoms with Gasteiger partial charge in [0.25, 0.3) is 5.91 Å². The van der Waals surface area contributed by atoms with Gasteiger partial charge in [-0.05, 0) is 32.8 Å². The summed E-state index contributed by atoms with van der Waals surface area (Å²) in [5.41, 5.74) is 2.90. The number of hydrogen-bond donors (Lipinski definition) is 1. The highest BCUT2D eigenvalue weighted by molar-refractivity contribution is 5.79. The lowest BCUT2D eigenvalue weighted by Gasteiger charge is -2.26. The summed E-state index contributed by atoms with van der Waals surface area (Å²) >= 11 is 0. The summed E-state index contributed by atoms with van der Waals surface area (Å²) in [7, 11) is 0. The van der Waals surface area contributed by atoms with Crippen LogP contribution in [-0.4, -0.2) is 23.6 Å². The highest BCUT2D eigenvalue weighted by atomic mass is 16.7. The molecule has 5 nitrogen and oxygen atoms in total. The molecule has 0 aromatic heterocycles. The predicted molar refractivity (Wildman–Crippen MR) is 88.4 cm³/mol. The van der Waals surface area contributed by atoms with E-state index in [0.29, 0.717) is 6.42 Å². The second kappa shape index (κ2) is 8.48. The molecule has 0 heterocycles. The maximum atomic E-state index is 12.5. The zero-order valence-corrected chi connectivity index (χ0v) is 14.2. The van der Waals surface area contributed by atoms with Gasteiger partial charge < -0.3 is 4.74 Å². The topological polar surface area (TPSA) is 64.6 Å². The van der Waals surface area contributed by atoms with Crippen LogP contribution in [0.25, 0.3) is 0 Å². The second-order valence-corrected chi connectivity index (χ2v) is 6.29. The maximum Gasteiger partial charge on any atom is 0.303 e. The van der Waals surface area contributed by atoms with Crippen molar-refractivity contribution in [2.75, 3.05) is 0 Å². The van der Waals surface area contributed by atoms with Crippen LogP contribution in [0.2, 0.25) is 0 Å². The van der Waals surface area contributed by atoms with Crippen LogP contribution >= 0.6 is 0 Å². The molecule has 0 unspecified atom stereocenters. The summed E-state index contributed by atoms with van der Waals surface area (Å²) in [6.45, 7) is 10.5. The van der Waals surface area contributed by atoms with Gasteiger partial charge in [-0.2, -0.15) is 0 Å². The fourth-order valence-corrected chi connectivity index (χ4v) is 1.99. The van der Waals surface area contributed by atoms with Crippen LogP contribution in [0.15, 0.2) is 43.0 Å². The summed E-state index contributed by atoms with van der Waals surface area (Å²) in [5, 5.41) is 0. The molecule has 1 aromatic rings. The van der Waals surface area contributed by atoms with Gasteiger partial charge in [0.1, 0.15) is 6.10 Å². The molecule has 1 amide bonds. The first-order chi connectivity index (χ1) is 10.7. The van der Waals surface area contributed by atoms with E-state index >= 15 is 0 Å². The van der Waals surface area contributed by atoms with Gasteiger partial charge in [-0.15, -0.1) is 0 Å². The first-order valence-electron chi connectivity index (χ1n) is 7.54. The molecule has 0 fully saturated rings. The number of benzene rings is 1. The molecule has 2 atom stereocenters. The average molecular weight is 319 g/mol. The van der Waals surface area contributed by atoms with Gasteiger partial charge in [0, 0.05) is 6.92 Å². The van der Waals surface area contributed by atoms with Crippen molar-refractivity contribution in [1.82, 2.24) is 5.48 Å². The SMILES string of the molecule is C=C[C@@H](OC(C)=O)[C@@H](Cc1ccccc1)C(=O)NOC(C)(C)C. The lowest BCUT2D eigenvalue weighted by atomic mass is 9.93. The largest absolute Gasteiger partial charge is 0.457 e. The van der Waals surface area contributed by atoms with Crippen molar-refractivity contribution in [3.05, 3.63) is 48.6 Å². The zero-order chi connectivity index (χ0) is 17.5. The Kier molecular flexibility index (Phi) is 6.97. The lowest BCUT2D eigenvalue weighted by molar-refractivity contribution is -0.158. The molecule has 5 heteroatoms. The van der Waals surface area contributed by atoms with Crippen molar-refractivity contribution in [2.24, 2.45) is 5.92 Å². The van der Waals surface area contributed by atoms with Crippen LogP contribution in [0.1, 0.15) is 33.3 Å². The summed E-state index contributed by atoms with van der Waals surface area (Å²) in [4.78, 5) is 29.1. The summed E-state index contributed by atoms with van der Waals surface area (Å²) < 4.78 is 5.21. The molecular formula is C18H25NO4. The van der Waals surface area contributed by atoms with E-state index in [2.05, 4.69) is 12.1 Å². The number of carbonyl (C=O) groups is 2. The van der Waals surface area contributed by atoms with E-state index in [9.17, 15) is 9.59 Å². The van der Waals surface area contributed by atoms with E-state index in [0.717, 1.165) is 5.56 Å². The normalized spacial score (nSPS) is 13.7. The minimum Gasteiger partial charge on any atom is -0.457 e. The van der Waals surface area contributed by atoms with Crippen LogP contribution in [0, 0.1) is 5.92 Å². The predicted octanol–water partition coefficient (Wildman–Crippen LogP) is 2.81. The van der Waals surface area contributed by atoms with Gasteiger partial charge in [0.15, 0.2) is 0 Å². The minimum atomic E-state index is -0.726. The van der Waals surface area contributed by atoms with Crippen molar-refractivity contribution in [3.63, 3.8) is 0 Å². The molecular weight excluding hydrogens is 294 g/mol. The number of hydrogen-bond acceptors (Lipinski definition) is 4. The molecule has 1 rings (SSSR count). The fraction of sp³-hybridized carbons (Fsp3) is 0.444. The molecule has 1 N–H and O–H groups in total. The Bertz CT molecular complexity index is 534. The number of nitrogens with one attached hydrogen (secondary N) is 1. The summed E-state index contributed by atoms with van der Waals surface area (Å²) in [5.74, 6) is -1.44. The Morgan fingerprint density at radius 3 is 2.35 bits per heavy atom. The van der Waals surface area contributed by atoms with Gasteiger partial charge in [-0.25, -0.2) is 5.48 Å². The van der Waals surface area contributed by atoms with Crippen LogP contribution in [0.5, 0.6) is 0 Å². The minimum absolute atomic E-state index is 0.352. The van der Waals surface area contributed by atoms with E-state index < -0.39 is 23.6 Å². The number of carbonyl (C=O) groups excluding carboxylic acids is 2. The molecule has 1 aromatic carbocycles. The highest BCUT2D eigenvalue weighted by Crippen LogP contribution is 2.18. The van der Waals surface area contributed by atoms with Gasteiger partial charge in [0.05, 0.1) is 11.5 Å². The zero-order valence-electron chi connectivity index (χ0n) is 14.2. The quantitative estimate of drug-likeness (QED) is 0.477. The second-order valence-electron chi connectivity index (χ2n) is 6.29. The Labute approximate surface area is 137 Å². The lowest BCUT2D eigenvalue weighted by Crippen LogP contribution is -2.43. The Morgan fingerprint density at radius 2 is 1.87 bits per heavy atom. The monoisotopic (exact) mass is 319 g/mol. The molecule has 0 radical (unpaired) electrons. The van der Waals surface area contributed by atoms with E-state index in [-0.39, 0.29) is 5.91 Å². The Balaban J connectivity index is 2.92. The van der Waals surface area contributed by atoms with Crippen LogP contribution in [0.3, 0.4) is 0 Å². The molecule has 126 valence electrons. The third-order valence-electron chi connectivity index (χ3n) is 3.02. The van der Waals surface area contributed by atoms with Gasteiger partial charge in [-0.3, -0.25) is 14.4 Å². The van der Waals surface area contributed by atoms with Crippen molar-refractivity contribution in [3.8, 4) is 0 Å². The number of esters is 1. The molecule has 0 aliphatic rings. The van der Waals surface area contributed by atoms with E-state index in [1.807, 2.05) is 51.1 Å². The van der Waals surface area contributed by atoms with Crippen LogP contribution < -0.4 is 5.48 Å². The third-order valence-corrected chi connectivity index (χ3v) is 3.02. The van der Waals surface area contributed by atoms with Gasteiger partial charge in [0.2, 0.25) is 0 Å². The van der Waals surface area contributed by atoms with E-state index in [1.165, 1.54) is 13.0 Å². The molecule has 0 spiro atoms. The van der Waals surface area contributed by atoms with Crippen molar-refractivity contribution < 1.29 is 19.2 Å². The molecule has 0 aliphatic heterocycles. The Morgan fingerprint density at radius 1 is 1.26 bits per heavy atom. The molecule has 0 bridgehead atoms. The maximum absolute atomic E-state index is 12.5. The first kappa shape index (κ1) is 18.9. The Hall–Kier alpha value is -2.14. The molecule has 0 aliphatic carbocycles. The highest BCUT2D eigenvalue weighted by Gasteiger charge is 2.30. The average Bonchev–Trinajstić information content (AvgIpc) is 2.48. The smallest absolute Gasteiger partial charge is 0.303 e. The first-order valence-corrected chi connectivity index (χ1v) is 7.54. The number of ether oxygens (including phenoxy) is 1. The summed E-state index contributed by atoms with van der Waals surface area (Å²) in [6.07, 6.45) is 1.15. The van der Waals surface area contributed by atoms with Gasteiger partial charge >= 0.3 is 5.97 Å². The molecule has 0 saturated heterocycles. The summed E-state index contributed by atoms with van der Waals surface area (Å²) in [6, 6.07) is 9.52. The number of amides is 1. The van der Waals surface area contributed by atoms with Crippen molar-refractivity contribution >= 4 is 11.9 Å². The molecule has 0 saturated carbocycles. The van der Waals surface area contributed by atoms with Crippen molar-refractivity contribution in [2.45, 2.75) is 45.8 Å². The fourth-order valence-electron chi connectivity index (χ4n) is 1.99. The number of hydroxylamine groups is 1. The number of rotatable bonds is 7.